The topological polar surface area (TPSA) is 65.4 Å². The number of carbonyl (C=O) groups is 1. The SMILES string of the molecule is CCN(/C=C(/C#N)C(=O)NCc1ccc(OC)cc1)CC. The van der Waals surface area contributed by atoms with E-state index in [-0.39, 0.29) is 11.5 Å². The predicted molar refractivity (Wildman–Crippen MR) is 81.5 cm³/mol. The van der Waals surface area contributed by atoms with Crippen LogP contribution in [-0.4, -0.2) is 31.0 Å². The van der Waals surface area contributed by atoms with Crippen LogP contribution < -0.4 is 10.1 Å². The van der Waals surface area contributed by atoms with Gasteiger partial charge in [-0.1, -0.05) is 12.1 Å². The van der Waals surface area contributed by atoms with Crippen molar-refractivity contribution in [2.45, 2.75) is 20.4 Å². The van der Waals surface area contributed by atoms with Gasteiger partial charge in [-0.2, -0.15) is 5.26 Å². The quantitative estimate of drug-likeness (QED) is 0.616. The van der Waals surface area contributed by atoms with Gasteiger partial charge in [0.15, 0.2) is 0 Å². The molecule has 0 radical (unpaired) electrons. The van der Waals surface area contributed by atoms with Gasteiger partial charge in [-0.05, 0) is 31.5 Å². The molecule has 5 nitrogen and oxygen atoms in total. The number of amides is 1. The lowest BCUT2D eigenvalue weighted by Crippen LogP contribution is -2.26. The smallest absolute Gasteiger partial charge is 0.263 e. The summed E-state index contributed by atoms with van der Waals surface area (Å²) >= 11 is 0. The molecule has 0 aliphatic carbocycles. The summed E-state index contributed by atoms with van der Waals surface area (Å²) in [4.78, 5) is 13.9. The number of rotatable bonds is 7. The first-order valence-electron chi connectivity index (χ1n) is 6.91. The van der Waals surface area contributed by atoms with Gasteiger partial charge in [0.2, 0.25) is 0 Å². The minimum atomic E-state index is -0.361. The van der Waals surface area contributed by atoms with Gasteiger partial charge in [0.25, 0.3) is 5.91 Å². The van der Waals surface area contributed by atoms with Crippen molar-refractivity contribution in [3.05, 3.63) is 41.6 Å². The fourth-order valence-corrected chi connectivity index (χ4v) is 1.75. The summed E-state index contributed by atoms with van der Waals surface area (Å²) < 4.78 is 5.07. The van der Waals surface area contributed by atoms with Crippen molar-refractivity contribution in [1.29, 1.82) is 5.26 Å². The van der Waals surface area contributed by atoms with Crippen molar-refractivity contribution in [1.82, 2.24) is 10.2 Å². The molecular weight excluding hydrogens is 266 g/mol. The zero-order chi connectivity index (χ0) is 15.7. The molecule has 0 bridgehead atoms. The lowest BCUT2D eigenvalue weighted by molar-refractivity contribution is -0.117. The Labute approximate surface area is 125 Å². The molecule has 0 unspecified atom stereocenters. The van der Waals surface area contributed by atoms with E-state index in [0.717, 1.165) is 24.4 Å². The zero-order valence-corrected chi connectivity index (χ0v) is 12.7. The van der Waals surface area contributed by atoms with Crippen LogP contribution in [0.3, 0.4) is 0 Å². The molecule has 0 spiro atoms. The number of methoxy groups -OCH3 is 1. The van der Waals surface area contributed by atoms with Gasteiger partial charge in [0.1, 0.15) is 17.4 Å². The highest BCUT2D eigenvalue weighted by Gasteiger charge is 2.09. The second-order valence-corrected chi connectivity index (χ2v) is 4.41. The molecule has 0 atom stereocenters. The van der Waals surface area contributed by atoms with E-state index in [1.54, 1.807) is 13.3 Å². The molecule has 0 aliphatic rings. The minimum Gasteiger partial charge on any atom is -0.497 e. The number of hydrogen-bond donors (Lipinski definition) is 1. The molecule has 5 heteroatoms. The molecule has 1 N–H and O–H groups in total. The van der Waals surface area contributed by atoms with Crippen LogP contribution in [-0.2, 0) is 11.3 Å². The first-order chi connectivity index (χ1) is 10.1. The molecule has 0 saturated heterocycles. The van der Waals surface area contributed by atoms with Crippen LogP contribution in [0.25, 0.3) is 0 Å². The van der Waals surface area contributed by atoms with Crippen molar-refractivity contribution in [3.63, 3.8) is 0 Å². The zero-order valence-electron chi connectivity index (χ0n) is 12.7. The van der Waals surface area contributed by atoms with E-state index < -0.39 is 0 Å². The van der Waals surface area contributed by atoms with Crippen LogP contribution in [0.4, 0.5) is 0 Å². The summed E-state index contributed by atoms with van der Waals surface area (Å²) in [5.74, 6) is 0.407. The maximum Gasteiger partial charge on any atom is 0.263 e. The normalized spacial score (nSPS) is 10.7. The molecular formula is C16H21N3O2. The molecule has 1 aromatic carbocycles. The van der Waals surface area contributed by atoms with Gasteiger partial charge in [-0.15, -0.1) is 0 Å². The molecule has 112 valence electrons. The minimum absolute atomic E-state index is 0.118. The highest BCUT2D eigenvalue weighted by Crippen LogP contribution is 2.11. The monoisotopic (exact) mass is 287 g/mol. The molecule has 1 rings (SSSR count). The summed E-state index contributed by atoms with van der Waals surface area (Å²) in [6, 6.07) is 9.35. The Balaban J connectivity index is 2.64. The molecule has 0 aliphatic heterocycles. The maximum atomic E-state index is 12.0. The van der Waals surface area contributed by atoms with Crippen LogP contribution >= 0.6 is 0 Å². The number of ether oxygens (including phenoxy) is 1. The third kappa shape index (κ3) is 5.19. The average Bonchev–Trinajstić information content (AvgIpc) is 2.54. The number of nitriles is 1. The second-order valence-electron chi connectivity index (χ2n) is 4.41. The maximum absolute atomic E-state index is 12.0. The number of carbonyl (C=O) groups excluding carboxylic acids is 1. The van der Waals surface area contributed by atoms with Crippen molar-refractivity contribution < 1.29 is 9.53 Å². The van der Waals surface area contributed by atoms with Gasteiger partial charge in [0, 0.05) is 25.8 Å². The summed E-state index contributed by atoms with van der Waals surface area (Å²) in [7, 11) is 1.61. The molecule has 0 saturated carbocycles. The third-order valence-corrected chi connectivity index (χ3v) is 3.10. The van der Waals surface area contributed by atoms with E-state index in [1.165, 1.54) is 0 Å². The highest BCUT2D eigenvalue weighted by atomic mass is 16.5. The first kappa shape index (κ1) is 16.6. The van der Waals surface area contributed by atoms with E-state index in [4.69, 9.17) is 10.00 Å². The van der Waals surface area contributed by atoms with Crippen molar-refractivity contribution in [2.24, 2.45) is 0 Å². The number of benzene rings is 1. The van der Waals surface area contributed by atoms with E-state index >= 15 is 0 Å². The summed E-state index contributed by atoms with van der Waals surface area (Å²) in [6.45, 7) is 5.84. The van der Waals surface area contributed by atoms with Gasteiger partial charge >= 0.3 is 0 Å². The molecule has 1 aromatic rings. The van der Waals surface area contributed by atoms with Crippen LogP contribution in [0.5, 0.6) is 5.75 Å². The molecule has 0 aromatic heterocycles. The largest absolute Gasteiger partial charge is 0.497 e. The average molecular weight is 287 g/mol. The lowest BCUT2D eigenvalue weighted by atomic mass is 10.2. The molecule has 0 heterocycles. The van der Waals surface area contributed by atoms with Gasteiger partial charge in [-0.3, -0.25) is 4.79 Å². The highest BCUT2D eigenvalue weighted by molar-refractivity contribution is 5.97. The Morgan fingerprint density at radius 2 is 1.95 bits per heavy atom. The van der Waals surface area contributed by atoms with Crippen molar-refractivity contribution in [2.75, 3.05) is 20.2 Å². The predicted octanol–water partition coefficient (Wildman–Crippen LogP) is 2.06. The summed E-state index contributed by atoms with van der Waals surface area (Å²) in [6.07, 6.45) is 1.60. The lowest BCUT2D eigenvalue weighted by Gasteiger charge is -2.15. The van der Waals surface area contributed by atoms with E-state index in [9.17, 15) is 4.79 Å². The Morgan fingerprint density at radius 3 is 2.43 bits per heavy atom. The Kier molecular flexibility index (Phi) is 6.82. The van der Waals surface area contributed by atoms with Crippen LogP contribution in [0.1, 0.15) is 19.4 Å². The molecule has 21 heavy (non-hydrogen) atoms. The van der Waals surface area contributed by atoms with Crippen LogP contribution in [0.2, 0.25) is 0 Å². The molecule has 1 amide bonds. The molecule has 0 fully saturated rings. The second kappa shape index (κ2) is 8.64. The van der Waals surface area contributed by atoms with Gasteiger partial charge in [-0.25, -0.2) is 0 Å². The van der Waals surface area contributed by atoms with E-state index in [1.807, 2.05) is 49.1 Å². The van der Waals surface area contributed by atoms with Crippen LogP contribution in [0, 0.1) is 11.3 Å². The van der Waals surface area contributed by atoms with Gasteiger partial charge < -0.3 is 15.0 Å². The third-order valence-electron chi connectivity index (χ3n) is 3.10. The Bertz CT molecular complexity index is 525. The Hall–Kier alpha value is -2.48. The van der Waals surface area contributed by atoms with Gasteiger partial charge in [0.05, 0.1) is 7.11 Å². The fourth-order valence-electron chi connectivity index (χ4n) is 1.75. The van der Waals surface area contributed by atoms with E-state index in [2.05, 4.69) is 5.32 Å². The number of nitrogens with one attached hydrogen (secondary N) is 1. The van der Waals surface area contributed by atoms with Crippen LogP contribution in [0.15, 0.2) is 36.0 Å². The van der Waals surface area contributed by atoms with Crippen molar-refractivity contribution >= 4 is 5.91 Å². The fraction of sp³-hybridized carbons (Fsp3) is 0.375. The number of nitrogens with zero attached hydrogens (tertiary/aromatic N) is 2. The standard InChI is InChI=1S/C16H21N3O2/c1-4-19(5-2)12-14(10-17)16(20)18-11-13-6-8-15(21-3)9-7-13/h6-9,12H,4-5,11H2,1-3H3,(H,18,20)/b14-12-. The summed E-state index contributed by atoms with van der Waals surface area (Å²) in [5, 5.41) is 11.8. The summed E-state index contributed by atoms with van der Waals surface area (Å²) in [5.41, 5.74) is 1.07. The number of hydrogen-bond acceptors (Lipinski definition) is 4. The van der Waals surface area contributed by atoms with Crippen molar-refractivity contribution in [3.8, 4) is 11.8 Å². The Morgan fingerprint density at radius 1 is 1.33 bits per heavy atom. The first-order valence-corrected chi connectivity index (χ1v) is 6.91. The van der Waals surface area contributed by atoms with E-state index in [0.29, 0.717) is 6.54 Å².